The summed E-state index contributed by atoms with van der Waals surface area (Å²) in [6.07, 6.45) is 2.76. The molecule has 0 fully saturated rings. The van der Waals surface area contributed by atoms with E-state index in [1.807, 2.05) is 0 Å². The van der Waals surface area contributed by atoms with Crippen molar-refractivity contribution < 1.29 is 10.0 Å². The van der Waals surface area contributed by atoms with E-state index >= 15 is 0 Å². The average molecular weight is 128 g/mol. The maximum absolute atomic E-state index is 8.50. The van der Waals surface area contributed by atoms with Crippen LogP contribution in [0.25, 0.3) is 0 Å². The van der Waals surface area contributed by atoms with Gasteiger partial charge in [0.2, 0.25) is 0 Å². The Kier molecular flexibility index (Phi) is 4.45. The molecule has 0 unspecified atom stereocenters. The molecule has 0 atom stereocenters. The quantitative estimate of drug-likeness (QED) is 0.548. The highest BCUT2D eigenvalue weighted by atomic mass is 16.4. The second-order valence-corrected chi connectivity index (χ2v) is 2.14. The van der Waals surface area contributed by atoms with E-state index in [0.717, 1.165) is 12.8 Å². The van der Waals surface area contributed by atoms with E-state index in [1.165, 1.54) is 0 Å². The van der Waals surface area contributed by atoms with Crippen LogP contribution in [0.5, 0.6) is 0 Å². The van der Waals surface area contributed by atoms with Gasteiger partial charge < -0.3 is 10.0 Å². The van der Waals surface area contributed by atoms with E-state index in [-0.39, 0.29) is 0 Å². The van der Waals surface area contributed by atoms with Gasteiger partial charge in [-0.3, -0.25) is 0 Å². The first-order chi connectivity index (χ1) is 4.18. The van der Waals surface area contributed by atoms with Crippen LogP contribution in [0.1, 0.15) is 26.2 Å². The highest BCUT2D eigenvalue weighted by Gasteiger charge is 2.09. The van der Waals surface area contributed by atoms with Gasteiger partial charge in [0.25, 0.3) is 0 Å². The van der Waals surface area contributed by atoms with Gasteiger partial charge in [0.15, 0.2) is 0 Å². The zero-order valence-corrected chi connectivity index (χ0v) is 5.80. The lowest BCUT2D eigenvalue weighted by Gasteiger charge is -2.00. The molecule has 0 spiro atoms. The summed E-state index contributed by atoms with van der Waals surface area (Å²) in [7, 11) is -1.32. The van der Waals surface area contributed by atoms with Crippen LogP contribution in [0.4, 0.5) is 0 Å². The molecular formula is C6H13BO2. The van der Waals surface area contributed by atoms with E-state index in [2.05, 4.69) is 13.5 Å². The number of allylic oxidation sites excluding steroid dienone is 1. The maximum Gasteiger partial charge on any atom is 0.483 e. The molecule has 0 saturated heterocycles. The van der Waals surface area contributed by atoms with E-state index < -0.39 is 7.12 Å². The summed E-state index contributed by atoms with van der Waals surface area (Å²) in [5.41, 5.74) is 0.511. The summed E-state index contributed by atoms with van der Waals surface area (Å²) < 4.78 is 0. The number of rotatable bonds is 4. The van der Waals surface area contributed by atoms with Crippen LogP contribution in [-0.4, -0.2) is 17.2 Å². The van der Waals surface area contributed by atoms with Crippen molar-refractivity contribution in [3.05, 3.63) is 12.1 Å². The van der Waals surface area contributed by atoms with Gasteiger partial charge in [-0.05, 0) is 11.9 Å². The summed E-state index contributed by atoms with van der Waals surface area (Å²) in [6, 6.07) is 0. The highest BCUT2D eigenvalue weighted by molar-refractivity contribution is 6.50. The van der Waals surface area contributed by atoms with Gasteiger partial charge >= 0.3 is 7.12 Å². The fraction of sp³-hybridized carbons (Fsp3) is 0.667. The van der Waals surface area contributed by atoms with E-state index in [9.17, 15) is 0 Å². The Balaban J connectivity index is 3.28. The number of unbranched alkanes of at least 4 members (excludes halogenated alkanes) is 1. The van der Waals surface area contributed by atoms with Crippen LogP contribution >= 0.6 is 0 Å². The minimum Gasteiger partial charge on any atom is -0.423 e. The largest absolute Gasteiger partial charge is 0.483 e. The van der Waals surface area contributed by atoms with Crippen molar-refractivity contribution in [3.63, 3.8) is 0 Å². The predicted molar refractivity (Wildman–Crippen MR) is 38.9 cm³/mol. The van der Waals surface area contributed by atoms with Crippen LogP contribution in [-0.2, 0) is 0 Å². The lowest BCUT2D eigenvalue weighted by atomic mass is 9.78. The molecule has 0 aromatic rings. The van der Waals surface area contributed by atoms with Crippen molar-refractivity contribution >= 4 is 7.12 Å². The first kappa shape index (κ1) is 8.72. The molecular weight excluding hydrogens is 115 g/mol. The molecule has 0 aliphatic rings. The summed E-state index contributed by atoms with van der Waals surface area (Å²) in [5, 5.41) is 17.0. The van der Waals surface area contributed by atoms with Gasteiger partial charge in [0.1, 0.15) is 0 Å². The van der Waals surface area contributed by atoms with Gasteiger partial charge in [-0.15, -0.1) is 6.58 Å². The Morgan fingerprint density at radius 2 is 2.11 bits per heavy atom. The molecule has 0 rings (SSSR count). The smallest absolute Gasteiger partial charge is 0.423 e. The Morgan fingerprint density at radius 3 is 2.44 bits per heavy atom. The van der Waals surface area contributed by atoms with Gasteiger partial charge in [0, 0.05) is 0 Å². The Morgan fingerprint density at radius 1 is 1.56 bits per heavy atom. The third-order valence-corrected chi connectivity index (χ3v) is 1.22. The molecule has 0 aromatic heterocycles. The molecule has 0 bridgehead atoms. The lowest BCUT2D eigenvalue weighted by molar-refractivity contribution is 0.416. The van der Waals surface area contributed by atoms with E-state index in [0.29, 0.717) is 11.9 Å². The third kappa shape index (κ3) is 4.24. The van der Waals surface area contributed by atoms with Gasteiger partial charge in [-0.25, -0.2) is 0 Å². The van der Waals surface area contributed by atoms with Crippen LogP contribution in [0.3, 0.4) is 0 Å². The fourth-order valence-electron chi connectivity index (χ4n) is 0.533. The number of hydrogen-bond donors (Lipinski definition) is 2. The first-order valence-electron chi connectivity index (χ1n) is 3.22. The van der Waals surface area contributed by atoms with Crippen LogP contribution in [0, 0.1) is 0 Å². The third-order valence-electron chi connectivity index (χ3n) is 1.22. The molecule has 52 valence electrons. The molecule has 0 aliphatic heterocycles. The van der Waals surface area contributed by atoms with Crippen LogP contribution in [0.2, 0.25) is 0 Å². The minimum absolute atomic E-state index is 0.511. The second-order valence-electron chi connectivity index (χ2n) is 2.14. The molecule has 0 radical (unpaired) electrons. The van der Waals surface area contributed by atoms with E-state index in [1.54, 1.807) is 0 Å². The molecule has 9 heavy (non-hydrogen) atoms. The molecule has 0 aliphatic carbocycles. The summed E-state index contributed by atoms with van der Waals surface area (Å²) in [5.74, 6) is 0. The monoisotopic (exact) mass is 128 g/mol. The van der Waals surface area contributed by atoms with Crippen LogP contribution < -0.4 is 0 Å². The molecule has 0 heterocycles. The number of hydrogen-bond acceptors (Lipinski definition) is 2. The summed E-state index contributed by atoms with van der Waals surface area (Å²) in [6.45, 7) is 5.54. The predicted octanol–water partition coefficient (Wildman–Crippen LogP) is 0.745. The molecule has 0 saturated carbocycles. The highest BCUT2D eigenvalue weighted by Crippen LogP contribution is 2.04. The van der Waals surface area contributed by atoms with E-state index in [4.69, 9.17) is 10.0 Å². The fourth-order valence-corrected chi connectivity index (χ4v) is 0.533. The van der Waals surface area contributed by atoms with Crippen molar-refractivity contribution in [1.82, 2.24) is 0 Å². The SMILES string of the molecule is C=C(CCCC)B(O)O. The van der Waals surface area contributed by atoms with Crippen molar-refractivity contribution in [1.29, 1.82) is 0 Å². The normalized spacial score (nSPS) is 9.22. The summed E-state index contributed by atoms with van der Waals surface area (Å²) >= 11 is 0. The van der Waals surface area contributed by atoms with Gasteiger partial charge in [0.05, 0.1) is 0 Å². The first-order valence-corrected chi connectivity index (χ1v) is 3.22. The minimum atomic E-state index is -1.32. The zero-order valence-electron chi connectivity index (χ0n) is 5.80. The Hall–Kier alpha value is -0.275. The molecule has 0 amide bonds. The van der Waals surface area contributed by atoms with Crippen molar-refractivity contribution in [2.45, 2.75) is 26.2 Å². The Bertz CT molecular complexity index is 91.1. The molecule has 2 nitrogen and oxygen atoms in total. The zero-order chi connectivity index (χ0) is 7.28. The second kappa shape index (κ2) is 4.59. The average Bonchev–Trinajstić information content (AvgIpc) is 1.82. The molecule has 2 N–H and O–H groups in total. The van der Waals surface area contributed by atoms with Crippen molar-refractivity contribution in [3.8, 4) is 0 Å². The van der Waals surface area contributed by atoms with Crippen molar-refractivity contribution in [2.75, 3.05) is 0 Å². The van der Waals surface area contributed by atoms with Crippen LogP contribution in [0.15, 0.2) is 12.1 Å². The topological polar surface area (TPSA) is 40.5 Å². The molecule has 3 heteroatoms. The lowest BCUT2D eigenvalue weighted by Crippen LogP contribution is -2.14. The standard InChI is InChI=1S/C6H13BO2/c1-3-4-5-6(2)7(8)9/h8-9H,2-5H2,1H3. The van der Waals surface area contributed by atoms with Gasteiger partial charge in [-0.1, -0.05) is 19.8 Å². The maximum atomic E-state index is 8.50. The summed E-state index contributed by atoms with van der Waals surface area (Å²) in [4.78, 5) is 0. The Labute approximate surface area is 56.4 Å². The molecule has 0 aromatic carbocycles. The van der Waals surface area contributed by atoms with Gasteiger partial charge in [-0.2, -0.15) is 0 Å². The van der Waals surface area contributed by atoms with Crippen molar-refractivity contribution in [2.24, 2.45) is 0 Å².